The fourth-order valence-corrected chi connectivity index (χ4v) is 3.50. The lowest BCUT2D eigenvalue weighted by molar-refractivity contribution is -0.123. The highest BCUT2D eigenvalue weighted by Crippen LogP contribution is 2.48. The van der Waals surface area contributed by atoms with Crippen LogP contribution in [0.2, 0.25) is 0 Å². The quantitative estimate of drug-likeness (QED) is 0.899. The predicted molar refractivity (Wildman–Crippen MR) is 95.0 cm³/mol. The number of amides is 2. The molecule has 1 aromatic heterocycles. The molecule has 1 aliphatic carbocycles. The molecule has 5 nitrogen and oxygen atoms in total. The second-order valence-corrected chi connectivity index (χ2v) is 6.94. The van der Waals surface area contributed by atoms with Crippen molar-refractivity contribution >= 4 is 17.6 Å². The molecule has 2 amide bonds. The number of rotatable bonds is 5. The molecule has 6 heteroatoms. The van der Waals surface area contributed by atoms with Crippen LogP contribution in [-0.2, 0) is 21.5 Å². The standard InChI is InChI=1S/C20H20FN3O2/c21-16-5-3-15(4-6-16)20(8-9-20)19(26)23-13-14-7-10-22-17(12-14)24-11-1-2-18(24)25/h3-7,10,12H,1-2,8-9,11,13H2,(H,23,26). The van der Waals surface area contributed by atoms with Gasteiger partial charge in [-0.1, -0.05) is 12.1 Å². The number of aromatic nitrogens is 1. The fourth-order valence-electron chi connectivity index (χ4n) is 3.50. The maximum absolute atomic E-state index is 13.1. The van der Waals surface area contributed by atoms with E-state index >= 15 is 0 Å². The molecular formula is C20H20FN3O2. The van der Waals surface area contributed by atoms with Gasteiger partial charge in [-0.15, -0.1) is 0 Å². The number of halogens is 1. The monoisotopic (exact) mass is 353 g/mol. The Morgan fingerprint density at radius 3 is 2.65 bits per heavy atom. The summed E-state index contributed by atoms with van der Waals surface area (Å²) in [5.74, 6) is 0.385. The fraction of sp³-hybridized carbons (Fsp3) is 0.350. The van der Waals surface area contributed by atoms with E-state index < -0.39 is 5.41 Å². The van der Waals surface area contributed by atoms with Gasteiger partial charge in [0.05, 0.1) is 5.41 Å². The molecule has 0 radical (unpaired) electrons. The number of carbonyl (C=O) groups is 2. The normalized spacial score (nSPS) is 18.0. The van der Waals surface area contributed by atoms with Crippen molar-refractivity contribution in [2.24, 2.45) is 0 Å². The van der Waals surface area contributed by atoms with Crippen LogP contribution in [0.5, 0.6) is 0 Å². The Hall–Kier alpha value is -2.76. The lowest BCUT2D eigenvalue weighted by Crippen LogP contribution is -2.34. The maximum Gasteiger partial charge on any atom is 0.230 e. The Morgan fingerprint density at radius 1 is 1.23 bits per heavy atom. The second-order valence-electron chi connectivity index (χ2n) is 6.94. The number of anilines is 1. The van der Waals surface area contributed by atoms with Crippen LogP contribution >= 0.6 is 0 Å². The van der Waals surface area contributed by atoms with E-state index in [1.807, 2.05) is 12.1 Å². The summed E-state index contributed by atoms with van der Waals surface area (Å²) >= 11 is 0. The predicted octanol–water partition coefficient (Wildman–Crippen LogP) is 2.70. The van der Waals surface area contributed by atoms with Crippen molar-refractivity contribution in [2.45, 2.75) is 37.6 Å². The number of benzene rings is 1. The van der Waals surface area contributed by atoms with Gasteiger partial charge in [-0.05, 0) is 54.7 Å². The van der Waals surface area contributed by atoms with E-state index in [9.17, 15) is 14.0 Å². The zero-order valence-corrected chi connectivity index (χ0v) is 14.4. The van der Waals surface area contributed by atoms with Gasteiger partial charge in [-0.3, -0.25) is 14.5 Å². The van der Waals surface area contributed by atoms with Crippen LogP contribution in [0.4, 0.5) is 10.2 Å². The second kappa shape index (κ2) is 6.52. The van der Waals surface area contributed by atoms with E-state index in [0.717, 1.165) is 30.4 Å². The van der Waals surface area contributed by atoms with Gasteiger partial charge in [0.25, 0.3) is 0 Å². The number of hydrogen-bond donors (Lipinski definition) is 1. The topological polar surface area (TPSA) is 62.3 Å². The molecule has 1 aliphatic heterocycles. The first-order chi connectivity index (χ1) is 12.6. The third kappa shape index (κ3) is 3.07. The molecule has 0 spiro atoms. The third-order valence-electron chi connectivity index (χ3n) is 5.19. The van der Waals surface area contributed by atoms with Gasteiger partial charge in [-0.25, -0.2) is 9.37 Å². The molecule has 1 N–H and O–H groups in total. The third-order valence-corrected chi connectivity index (χ3v) is 5.19. The number of pyridine rings is 1. The summed E-state index contributed by atoms with van der Waals surface area (Å²) in [6.07, 6.45) is 4.61. The molecule has 1 saturated heterocycles. The zero-order chi connectivity index (χ0) is 18.1. The van der Waals surface area contributed by atoms with Crippen LogP contribution in [-0.4, -0.2) is 23.3 Å². The van der Waals surface area contributed by atoms with Crippen molar-refractivity contribution in [1.82, 2.24) is 10.3 Å². The molecule has 26 heavy (non-hydrogen) atoms. The largest absolute Gasteiger partial charge is 0.351 e. The van der Waals surface area contributed by atoms with Crippen LogP contribution in [0, 0.1) is 5.82 Å². The highest BCUT2D eigenvalue weighted by molar-refractivity contribution is 5.94. The molecule has 2 heterocycles. The molecule has 0 atom stereocenters. The van der Waals surface area contributed by atoms with Crippen LogP contribution in [0.3, 0.4) is 0 Å². The van der Waals surface area contributed by atoms with Crippen molar-refractivity contribution in [3.05, 3.63) is 59.5 Å². The highest BCUT2D eigenvalue weighted by atomic mass is 19.1. The summed E-state index contributed by atoms with van der Waals surface area (Å²) in [5.41, 5.74) is 1.22. The summed E-state index contributed by atoms with van der Waals surface area (Å²) in [7, 11) is 0. The van der Waals surface area contributed by atoms with Crippen LogP contribution < -0.4 is 10.2 Å². The van der Waals surface area contributed by atoms with E-state index in [1.54, 1.807) is 23.2 Å². The maximum atomic E-state index is 13.1. The molecule has 1 saturated carbocycles. The van der Waals surface area contributed by atoms with Gasteiger partial charge in [0, 0.05) is 25.7 Å². The summed E-state index contributed by atoms with van der Waals surface area (Å²) < 4.78 is 13.1. The van der Waals surface area contributed by atoms with Crippen molar-refractivity contribution < 1.29 is 14.0 Å². The number of hydrogen-bond acceptors (Lipinski definition) is 3. The minimum absolute atomic E-state index is 0.0419. The van der Waals surface area contributed by atoms with Crippen molar-refractivity contribution in [3.8, 4) is 0 Å². The van der Waals surface area contributed by atoms with Crippen LogP contribution in [0.25, 0.3) is 0 Å². The lowest BCUT2D eigenvalue weighted by Gasteiger charge is -2.17. The first kappa shape index (κ1) is 16.7. The molecule has 0 unspecified atom stereocenters. The minimum Gasteiger partial charge on any atom is -0.351 e. The molecule has 2 aliphatic rings. The van der Waals surface area contributed by atoms with Gasteiger partial charge in [0.2, 0.25) is 11.8 Å². The van der Waals surface area contributed by atoms with Gasteiger partial charge in [0.1, 0.15) is 11.6 Å². The SMILES string of the molecule is O=C1CCCN1c1cc(CNC(=O)C2(c3ccc(F)cc3)CC2)ccn1. The molecule has 2 aromatic rings. The lowest BCUT2D eigenvalue weighted by atomic mass is 9.95. The van der Waals surface area contributed by atoms with Gasteiger partial charge < -0.3 is 5.32 Å². The Labute approximate surface area is 151 Å². The average Bonchev–Trinajstić information content (AvgIpc) is 3.36. The van der Waals surface area contributed by atoms with Gasteiger partial charge in [0.15, 0.2) is 0 Å². The van der Waals surface area contributed by atoms with Crippen molar-refractivity contribution in [3.63, 3.8) is 0 Å². The van der Waals surface area contributed by atoms with E-state index in [1.165, 1.54) is 12.1 Å². The van der Waals surface area contributed by atoms with E-state index in [2.05, 4.69) is 10.3 Å². The Bertz CT molecular complexity index is 846. The summed E-state index contributed by atoms with van der Waals surface area (Å²) in [5, 5.41) is 2.98. The molecular weight excluding hydrogens is 333 g/mol. The summed E-state index contributed by atoms with van der Waals surface area (Å²) in [6, 6.07) is 9.84. The first-order valence-corrected chi connectivity index (χ1v) is 8.88. The van der Waals surface area contributed by atoms with Gasteiger partial charge in [-0.2, -0.15) is 0 Å². The van der Waals surface area contributed by atoms with Crippen molar-refractivity contribution in [2.75, 3.05) is 11.4 Å². The van der Waals surface area contributed by atoms with Crippen LogP contribution in [0.1, 0.15) is 36.8 Å². The summed E-state index contributed by atoms with van der Waals surface area (Å²) in [6.45, 7) is 1.06. The highest BCUT2D eigenvalue weighted by Gasteiger charge is 2.51. The number of carbonyl (C=O) groups excluding carboxylic acids is 2. The van der Waals surface area contributed by atoms with Crippen LogP contribution in [0.15, 0.2) is 42.6 Å². The molecule has 2 fully saturated rings. The first-order valence-electron chi connectivity index (χ1n) is 8.88. The zero-order valence-electron chi connectivity index (χ0n) is 14.4. The Kier molecular flexibility index (Phi) is 4.18. The molecule has 0 bridgehead atoms. The van der Waals surface area contributed by atoms with E-state index in [4.69, 9.17) is 0 Å². The molecule has 134 valence electrons. The Balaban J connectivity index is 1.43. The summed E-state index contributed by atoms with van der Waals surface area (Å²) in [4.78, 5) is 30.5. The van der Waals surface area contributed by atoms with Gasteiger partial charge >= 0.3 is 0 Å². The molecule has 1 aromatic carbocycles. The smallest absolute Gasteiger partial charge is 0.230 e. The number of nitrogens with one attached hydrogen (secondary N) is 1. The van der Waals surface area contributed by atoms with E-state index in [-0.39, 0.29) is 17.6 Å². The average molecular weight is 353 g/mol. The van der Waals surface area contributed by atoms with E-state index in [0.29, 0.717) is 25.3 Å². The number of nitrogens with zero attached hydrogens (tertiary/aromatic N) is 2. The molecule has 4 rings (SSSR count). The minimum atomic E-state index is -0.533. The van der Waals surface area contributed by atoms with Crippen molar-refractivity contribution in [1.29, 1.82) is 0 Å². The Morgan fingerprint density at radius 2 is 2.00 bits per heavy atom.